The molecule has 1 rings (SSSR count). The van der Waals surface area contributed by atoms with Gasteiger partial charge in [-0.15, -0.1) is 6.92 Å². The third kappa shape index (κ3) is 8.15. The molecule has 101 valence electrons. The third-order valence-corrected chi connectivity index (χ3v) is 2.74. The molecule has 1 N–H and O–H groups in total. The minimum absolute atomic E-state index is 0. The fourth-order valence-electron chi connectivity index (χ4n) is 1.41. The Hall–Kier alpha value is -0.0157. The average molecular weight is 326 g/mol. The van der Waals surface area contributed by atoms with Crippen molar-refractivity contribution in [2.75, 3.05) is 0 Å². The van der Waals surface area contributed by atoms with Gasteiger partial charge in [0.1, 0.15) is 0 Å². The van der Waals surface area contributed by atoms with Crippen LogP contribution in [0.25, 0.3) is 0 Å². The second kappa shape index (κ2) is 10.9. The summed E-state index contributed by atoms with van der Waals surface area (Å²) in [5, 5.41) is 7.60. The standard InChI is InChI=1S/C10H15.C3H4O2.2ClH.Ti/c1-7-6-10(4,5)9(3)8(7)2;1-2-3(4)5;;;/h1-5H3;2H,1H2,(H,4,5);2*1H;/q-1;;;;+3/p-2. The van der Waals surface area contributed by atoms with Crippen molar-refractivity contribution in [1.82, 2.24) is 0 Å². The molecule has 0 bridgehead atoms. The molecule has 0 saturated heterocycles. The number of halogens is 2. The first-order valence-electron chi connectivity index (χ1n) is 4.87. The fraction of sp³-hybridized carbons (Fsp3) is 0.462. The molecule has 1 radical (unpaired) electrons. The molecule has 18 heavy (non-hydrogen) atoms. The zero-order valence-electron chi connectivity index (χ0n) is 11.4. The zero-order valence-corrected chi connectivity index (χ0v) is 14.5. The van der Waals surface area contributed by atoms with E-state index in [0.717, 1.165) is 6.08 Å². The van der Waals surface area contributed by atoms with E-state index in [1.54, 1.807) is 0 Å². The van der Waals surface area contributed by atoms with E-state index in [4.69, 9.17) is 5.11 Å². The first-order chi connectivity index (χ1) is 6.72. The van der Waals surface area contributed by atoms with Crippen LogP contribution in [0.1, 0.15) is 34.6 Å². The van der Waals surface area contributed by atoms with Crippen LogP contribution in [0.5, 0.6) is 0 Å². The quantitative estimate of drug-likeness (QED) is 0.325. The second-order valence-electron chi connectivity index (χ2n) is 4.17. The first-order valence-corrected chi connectivity index (χ1v) is 4.87. The van der Waals surface area contributed by atoms with E-state index in [0.29, 0.717) is 0 Å². The maximum Gasteiger partial charge on any atom is 3.00 e. The van der Waals surface area contributed by atoms with E-state index in [-0.39, 0.29) is 51.9 Å². The molecule has 0 unspecified atom stereocenters. The van der Waals surface area contributed by atoms with Crippen molar-refractivity contribution in [3.63, 3.8) is 0 Å². The maximum atomic E-state index is 9.25. The molecule has 2 nitrogen and oxygen atoms in total. The summed E-state index contributed by atoms with van der Waals surface area (Å²) in [7, 11) is 0. The van der Waals surface area contributed by atoms with Gasteiger partial charge in [-0.05, 0) is 0 Å². The first kappa shape index (κ1) is 26.5. The molecule has 0 aromatic carbocycles. The van der Waals surface area contributed by atoms with Crippen LogP contribution in [0.4, 0.5) is 0 Å². The minimum Gasteiger partial charge on any atom is -1.00 e. The van der Waals surface area contributed by atoms with Gasteiger partial charge in [0.2, 0.25) is 0 Å². The van der Waals surface area contributed by atoms with Crippen molar-refractivity contribution in [3.8, 4) is 0 Å². The van der Waals surface area contributed by atoms with Gasteiger partial charge in [-0.2, -0.15) is 11.1 Å². The predicted molar refractivity (Wildman–Crippen MR) is 62.4 cm³/mol. The topological polar surface area (TPSA) is 37.3 Å². The monoisotopic (exact) mass is 325 g/mol. The molecule has 5 heteroatoms. The summed E-state index contributed by atoms with van der Waals surface area (Å²) in [4.78, 5) is 9.25. The summed E-state index contributed by atoms with van der Waals surface area (Å²) in [6, 6.07) is 0. The Balaban J connectivity index is -0.000000109. The number of hydrogen-bond acceptors (Lipinski definition) is 1. The van der Waals surface area contributed by atoms with Gasteiger partial charge in [-0.3, -0.25) is 6.08 Å². The summed E-state index contributed by atoms with van der Waals surface area (Å²) in [6.07, 6.45) is 4.27. The Bertz CT molecular complexity index is 345. The Morgan fingerprint density at radius 2 is 1.61 bits per heavy atom. The number of carboxylic acids is 1. The Morgan fingerprint density at radius 1 is 1.28 bits per heavy atom. The molecule has 0 atom stereocenters. The Labute approximate surface area is 137 Å². The molecule has 0 spiro atoms. The molecule has 0 fully saturated rings. The molecule has 0 aromatic rings. The van der Waals surface area contributed by atoms with Crippen LogP contribution in [0.2, 0.25) is 0 Å². The van der Waals surface area contributed by atoms with Crippen LogP contribution < -0.4 is 24.8 Å². The van der Waals surface area contributed by atoms with Crippen LogP contribution >= 0.6 is 0 Å². The van der Waals surface area contributed by atoms with Gasteiger partial charge in [-0.25, -0.2) is 10.4 Å². The van der Waals surface area contributed by atoms with Gasteiger partial charge < -0.3 is 29.9 Å². The minimum atomic E-state index is -0.981. The third-order valence-electron chi connectivity index (χ3n) is 2.74. The number of carboxylic acid groups (broad SMARTS) is 1. The maximum absolute atomic E-state index is 9.25. The van der Waals surface area contributed by atoms with Gasteiger partial charge in [0.05, 0.1) is 0 Å². The van der Waals surface area contributed by atoms with Crippen LogP contribution in [0.3, 0.4) is 0 Å². The van der Waals surface area contributed by atoms with Gasteiger partial charge in [0, 0.05) is 6.08 Å². The molecule has 1 aliphatic carbocycles. The van der Waals surface area contributed by atoms with E-state index in [1.807, 2.05) is 0 Å². The van der Waals surface area contributed by atoms with Crippen molar-refractivity contribution >= 4 is 5.97 Å². The Kier molecular flexibility index (Phi) is 16.0. The number of rotatable bonds is 1. The zero-order chi connectivity index (χ0) is 12.2. The van der Waals surface area contributed by atoms with E-state index in [9.17, 15) is 4.79 Å². The van der Waals surface area contributed by atoms with Gasteiger partial charge >= 0.3 is 27.7 Å². The SMILES string of the molecule is C=CC(=O)O.CC1=[C-]C(C)(C)C(C)=C1C.[Cl-].[Cl-].[Ti+3]. The fourth-order valence-corrected chi connectivity index (χ4v) is 1.41. The van der Waals surface area contributed by atoms with Crippen LogP contribution in [0, 0.1) is 11.5 Å². The summed E-state index contributed by atoms with van der Waals surface area (Å²) in [6.45, 7) is 13.9. The van der Waals surface area contributed by atoms with E-state index >= 15 is 0 Å². The van der Waals surface area contributed by atoms with E-state index in [1.165, 1.54) is 16.7 Å². The van der Waals surface area contributed by atoms with Crippen LogP contribution in [-0.4, -0.2) is 11.1 Å². The van der Waals surface area contributed by atoms with Gasteiger partial charge in [0.25, 0.3) is 0 Å². The molecule has 0 saturated carbocycles. The van der Waals surface area contributed by atoms with Crippen LogP contribution in [-0.2, 0) is 26.5 Å². The smallest absolute Gasteiger partial charge is 1.00 e. The largest absolute Gasteiger partial charge is 3.00 e. The molecular weight excluding hydrogens is 307 g/mol. The Morgan fingerprint density at radius 3 is 1.67 bits per heavy atom. The van der Waals surface area contributed by atoms with Crippen molar-refractivity contribution < 1.29 is 56.4 Å². The number of aliphatic carboxylic acids is 1. The predicted octanol–water partition coefficient (Wildman–Crippen LogP) is -2.63. The van der Waals surface area contributed by atoms with Crippen molar-refractivity contribution in [1.29, 1.82) is 0 Å². The number of allylic oxidation sites excluding steroid dienone is 4. The molecule has 0 aromatic heterocycles. The van der Waals surface area contributed by atoms with E-state index < -0.39 is 5.97 Å². The average Bonchev–Trinajstić information content (AvgIpc) is 2.30. The second-order valence-corrected chi connectivity index (χ2v) is 4.17. The number of hydrogen-bond donors (Lipinski definition) is 1. The van der Waals surface area contributed by atoms with Crippen molar-refractivity contribution in [2.24, 2.45) is 5.41 Å². The molecule has 0 heterocycles. The van der Waals surface area contributed by atoms with Crippen molar-refractivity contribution in [2.45, 2.75) is 34.6 Å². The van der Waals surface area contributed by atoms with Gasteiger partial charge in [0.15, 0.2) is 0 Å². The van der Waals surface area contributed by atoms with E-state index in [2.05, 4.69) is 47.3 Å². The summed E-state index contributed by atoms with van der Waals surface area (Å²) in [5.74, 6) is -0.981. The molecule has 0 aliphatic heterocycles. The normalized spacial score (nSPS) is 14.8. The number of carbonyl (C=O) groups is 1. The summed E-state index contributed by atoms with van der Waals surface area (Å²) in [5.41, 5.74) is 4.39. The van der Waals surface area contributed by atoms with Crippen LogP contribution in [0.15, 0.2) is 29.4 Å². The molecule has 1 aliphatic rings. The van der Waals surface area contributed by atoms with Crippen molar-refractivity contribution in [3.05, 3.63) is 35.5 Å². The summed E-state index contributed by atoms with van der Waals surface area (Å²) >= 11 is 0. The summed E-state index contributed by atoms with van der Waals surface area (Å²) < 4.78 is 0. The molecule has 0 amide bonds. The molecular formula is C13H19Cl2O2Ti. The van der Waals surface area contributed by atoms with Gasteiger partial charge in [-0.1, -0.05) is 39.7 Å².